The van der Waals surface area contributed by atoms with Crippen LogP contribution in [-0.2, 0) is 19.4 Å². The first-order valence-electron chi connectivity index (χ1n) is 5.27. The lowest BCUT2D eigenvalue weighted by atomic mass is 10.2. The second-order valence-corrected chi connectivity index (χ2v) is 6.85. The van der Waals surface area contributed by atoms with Crippen molar-refractivity contribution < 1.29 is 17.9 Å². The summed E-state index contributed by atoms with van der Waals surface area (Å²) in [4.78, 5) is 13.5. The van der Waals surface area contributed by atoms with Gasteiger partial charge in [0.05, 0.1) is 17.2 Å². The van der Waals surface area contributed by atoms with E-state index in [1.807, 2.05) is 0 Å². The maximum atomic E-state index is 11.7. The van der Waals surface area contributed by atoms with Crippen molar-refractivity contribution >= 4 is 37.4 Å². The number of anilines is 1. The first-order chi connectivity index (χ1) is 8.39. The van der Waals surface area contributed by atoms with Crippen molar-refractivity contribution in [3.05, 3.63) is 22.7 Å². The fourth-order valence-corrected chi connectivity index (χ4v) is 3.10. The number of morpholine rings is 1. The van der Waals surface area contributed by atoms with Gasteiger partial charge < -0.3 is 9.64 Å². The molecule has 0 unspecified atom stereocenters. The van der Waals surface area contributed by atoms with Crippen molar-refractivity contribution in [1.82, 2.24) is 0 Å². The van der Waals surface area contributed by atoms with Crippen LogP contribution in [0.25, 0.3) is 0 Å². The Balaban J connectivity index is 2.38. The van der Waals surface area contributed by atoms with Crippen LogP contribution in [0.4, 0.5) is 5.69 Å². The lowest BCUT2D eigenvalue weighted by Crippen LogP contribution is -2.41. The fourth-order valence-electron chi connectivity index (χ4n) is 1.71. The van der Waals surface area contributed by atoms with Crippen molar-refractivity contribution in [3.8, 4) is 0 Å². The van der Waals surface area contributed by atoms with Gasteiger partial charge in [0.15, 0.2) is 9.84 Å². The first kappa shape index (κ1) is 13.5. The number of halogens is 1. The predicted molar refractivity (Wildman–Crippen MR) is 70.4 cm³/mol. The fraction of sp³-hybridized carbons (Fsp3) is 0.364. The number of sulfone groups is 1. The van der Waals surface area contributed by atoms with Gasteiger partial charge in [-0.25, -0.2) is 8.42 Å². The number of nitrogens with zero attached hydrogens (tertiary/aromatic N) is 1. The van der Waals surface area contributed by atoms with Crippen LogP contribution in [0.2, 0.25) is 0 Å². The van der Waals surface area contributed by atoms with Gasteiger partial charge >= 0.3 is 0 Å². The van der Waals surface area contributed by atoms with E-state index in [9.17, 15) is 13.2 Å². The van der Waals surface area contributed by atoms with Gasteiger partial charge in [-0.3, -0.25) is 4.79 Å². The van der Waals surface area contributed by atoms with Crippen LogP contribution >= 0.6 is 15.9 Å². The zero-order valence-electron chi connectivity index (χ0n) is 9.72. The second-order valence-electron chi connectivity index (χ2n) is 3.98. The van der Waals surface area contributed by atoms with Crippen LogP contribution < -0.4 is 4.90 Å². The van der Waals surface area contributed by atoms with Gasteiger partial charge in [0.25, 0.3) is 5.91 Å². The van der Waals surface area contributed by atoms with E-state index in [1.165, 1.54) is 12.1 Å². The number of carbonyl (C=O) groups is 1. The van der Waals surface area contributed by atoms with Crippen molar-refractivity contribution in [1.29, 1.82) is 0 Å². The minimum absolute atomic E-state index is 0.0558. The summed E-state index contributed by atoms with van der Waals surface area (Å²) in [5.41, 5.74) is 0.663. The molecule has 98 valence electrons. The van der Waals surface area contributed by atoms with Crippen LogP contribution in [-0.4, -0.2) is 40.3 Å². The summed E-state index contributed by atoms with van der Waals surface area (Å²) in [6, 6.07) is 4.63. The van der Waals surface area contributed by atoms with Gasteiger partial charge in [-0.1, -0.05) is 0 Å². The van der Waals surface area contributed by atoms with E-state index in [1.54, 1.807) is 11.0 Å². The van der Waals surface area contributed by atoms with Gasteiger partial charge in [-0.2, -0.15) is 0 Å². The highest BCUT2D eigenvalue weighted by Crippen LogP contribution is 2.29. The molecule has 5 nitrogen and oxygen atoms in total. The van der Waals surface area contributed by atoms with Gasteiger partial charge in [-0.15, -0.1) is 0 Å². The molecule has 1 aromatic rings. The Labute approximate surface area is 114 Å². The smallest absolute Gasteiger partial charge is 0.253 e. The van der Waals surface area contributed by atoms with Crippen LogP contribution in [0.1, 0.15) is 0 Å². The number of amides is 1. The zero-order valence-corrected chi connectivity index (χ0v) is 12.1. The first-order valence-corrected chi connectivity index (χ1v) is 7.96. The third kappa shape index (κ3) is 2.73. The molecule has 0 aromatic heterocycles. The average Bonchev–Trinajstić information content (AvgIpc) is 2.29. The van der Waals surface area contributed by atoms with Crippen LogP contribution in [0.5, 0.6) is 0 Å². The molecule has 7 heteroatoms. The summed E-state index contributed by atoms with van der Waals surface area (Å²) in [6.07, 6.45) is 1.15. The highest BCUT2D eigenvalue weighted by atomic mass is 79.9. The van der Waals surface area contributed by atoms with E-state index in [0.29, 0.717) is 23.3 Å². The van der Waals surface area contributed by atoms with Crippen LogP contribution in [0, 0.1) is 0 Å². The molecule has 2 rings (SSSR count). The quantitative estimate of drug-likeness (QED) is 0.816. The van der Waals surface area contributed by atoms with Gasteiger partial charge in [0.1, 0.15) is 6.61 Å². The van der Waals surface area contributed by atoms with E-state index in [4.69, 9.17) is 4.74 Å². The van der Waals surface area contributed by atoms with Crippen molar-refractivity contribution in [3.63, 3.8) is 0 Å². The maximum absolute atomic E-state index is 11.7. The SMILES string of the molecule is CS(=O)(=O)c1ccc(N2CCOCC2=O)c(Br)c1. The average molecular weight is 334 g/mol. The molecular weight excluding hydrogens is 322 g/mol. The number of benzene rings is 1. The number of hydrogen-bond donors (Lipinski definition) is 0. The Bertz CT molecular complexity index is 585. The molecule has 0 atom stereocenters. The predicted octanol–water partition coefficient (Wildman–Crippen LogP) is 1.22. The molecule has 1 aliphatic rings. The van der Waals surface area contributed by atoms with Gasteiger partial charge in [-0.05, 0) is 34.1 Å². The largest absolute Gasteiger partial charge is 0.370 e. The molecule has 0 saturated carbocycles. The minimum Gasteiger partial charge on any atom is -0.370 e. The van der Waals surface area contributed by atoms with E-state index >= 15 is 0 Å². The number of rotatable bonds is 2. The van der Waals surface area contributed by atoms with Gasteiger partial charge in [0, 0.05) is 17.3 Å². The maximum Gasteiger partial charge on any atom is 0.253 e. The molecule has 0 aliphatic carbocycles. The third-order valence-electron chi connectivity index (χ3n) is 2.62. The minimum atomic E-state index is -3.24. The molecule has 18 heavy (non-hydrogen) atoms. The lowest BCUT2D eigenvalue weighted by molar-refractivity contribution is -0.125. The molecule has 1 aromatic carbocycles. The van der Waals surface area contributed by atoms with E-state index < -0.39 is 9.84 Å². The molecule has 1 aliphatic heterocycles. The monoisotopic (exact) mass is 333 g/mol. The van der Waals surface area contributed by atoms with Crippen LogP contribution in [0.3, 0.4) is 0 Å². The number of ether oxygens (including phenoxy) is 1. The normalized spacial score (nSPS) is 17.0. The molecule has 1 amide bonds. The summed E-state index contributed by atoms with van der Waals surface area (Å²) in [5, 5.41) is 0. The van der Waals surface area contributed by atoms with Crippen LogP contribution in [0.15, 0.2) is 27.6 Å². The summed E-state index contributed by atoms with van der Waals surface area (Å²) in [7, 11) is -3.24. The van der Waals surface area contributed by atoms with Gasteiger partial charge in [0.2, 0.25) is 0 Å². The number of carbonyl (C=O) groups excluding carboxylic acids is 1. The topological polar surface area (TPSA) is 63.7 Å². The Morgan fingerprint density at radius 1 is 1.39 bits per heavy atom. The molecule has 0 bridgehead atoms. The van der Waals surface area contributed by atoms with E-state index in [0.717, 1.165) is 6.26 Å². The van der Waals surface area contributed by atoms with E-state index in [2.05, 4.69) is 15.9 Å². The molecular formula is C11H12BrNO4S. The van der Waals surface area contributed by atoms with Crippen molar-refractivity contribution in [2.24, 2.45) is 0 Å². The molecule has 1 fully saturated rings. The lowest BCUT2D eigenvalue weighted by Gasteiger charge is -2.27. The van der Waals surface area contributed by atoms with Crippen molar-refractivity contribution in [2.45, 2.75) is 4.90 Å². The molecule has 0 radical (unpaired) electrons. The zero-order chi connectivity index (χ0) is 13.3. The van der Waals surface area contributed by atoms with E-state index in [-0.39, 0.29) is 17.4 Å². The third-order valence-corrected chi connectivity index (χ3v) is 4.37. The summed E-state index contributed by atoms with van der Waals surface area (Å²) in [5.74, 6) is -0.131. The summed E-state index contributed by atoms with van der Waals surface area (Å²) in [6.45, 7) is 1.00. The Hall–Kier alpha value is -0.920. The Kier molecular flexibility index (Phi) is 3.74. The highest BCUT2D eigenvalue weighted by Gasteiger charge is 2.22. The summed E-state index contributed by atoms with van der Waals surface area (Å²) < 4.78 is 28.5. The second kappa shape index (κ2) is 4.99. The Morgan fingerprint density at radius 2 is 2.11 bits per heavy atom. The highest BCUT2D eigenvalue weighted by molar-refractivity contribution is 9.10. The Morgan fingerprint density at radius 3 is 2.67 bits per heavy atom. The van der Waals surface area contributed by atoms with Crippen molar-refractivity contribution in [2.75, 3.05) is 30.9 Å². The molecule has 1 heterocycles. The molecule has 0 spiro atoms. The standard InChI is InChI=1S/C11H12BrNO4S/c1-18(15,16)8-2-3-10(9(12)6-8)13-4-5-17-7-11(13)14/h2-3,6H,4-5,7H2,1H3. The molecule has 0 N–H and O–H groups in total. The summed E-state index contributed by atoms with van der Waals surface area (Å²) >= 11 is 3.30. The number of hydrogen-bond acceptors (Lipinski definition) is 4. The molecule has 1 saturated heterocycles.